The van der Waals surface area contributed by atoms with Gasteiger partial charge in [0.1, 0.15) is 0 Å². The van der Waals surface area contributed by atoms with E-state index in [2.05, 4.69) is 0 Å². The van der Waals surface area contributed by atoms with Crippen LogP contribution in [-0.2, 0) is 11.2 Å². The number of carbonyl (C=O) groups is 1. The Balaban J connectivity index is 1.88. The number of hydrogen-bond donors (Lipinski definition) is 2. The summed E-state index contributed by atoms with van der Waals surface area (Å²) in [6.07, 6.45) is 0.167. The number of aliphatic hydroxyl groups is 2. The maximum absolute atomic E-state index is 12.0. The molecule has 0 aliphatic carbocycles. The van der Waals surface area contributed by atoms with Crippen LogP contribution in [0.15, 0.2) is 24.3 Å². The lowest BCUT2D eigenvalue weighted by Gasteiger charge is -2.17. The maximum Gasteiger partial charge on any atom is 0.236 e. The fourth-order valence-electron chi connectivity index (χ4n) is 2.01. The number of benzene rings is 1. The molecular formula is C13H17NO3S. The number of rotatable bonds is 5. The molecule has 2 N–H and O–H groups in total. The minimum absolute atomic E-state index is 0.0649. The van der Waals surface area contributed by atoms with E-state index in [1.54, 1.807) is 4.90 Å². The normalized spacial score (nSPS) is 15.6. The fourth-order valence-corrected chi connectivity index (χ4v) is 2.84. The minimum Gasteiger partial charge on any atom is -0.394 e. The predicted octanol–water partition coefficient (Wildman–Crippen LogP) is 0.662. The van der Waals surface area contributed by atoms with Gasteiger partial charge in [0, 0.05) is 18.0 Å². The standard InChI is InChI=1S/C13H17NO3S/c15-7-11(16)8-18-9-13(17)14-6-5-10-3-1-2-4-12(10)14/h1-4,11,15-16H,5-9H2. The van der Waals surface area contributed by atoms with Crippen molar-refractivity contribution < 1.29 is 15.0 Å². The van der Waals surface area contributed by atoms with Crippen molar-refractivity contribution in [3.63, 3.8) is 0 Å². The van der Waals surface area contributed by atoms with Gasteiger partial charge >= 0.3 is 0 Å². The van der Waals surface area contributed by atoms with Crippen molar-refractivity contribution in [3.8, 4) is 0 Å². The van der Waals surface area contributed by atoms with E-state index >= 15 is 0 Å². The average molecular weight is 267 g/mol. The lowest BCUT2D eigenvalue weighted by atomic mass is 10.2. The van der Waals surface area contributed by atoms with E-state index in [-0.39, 0.29) is 12.5 Å². The van der Waals surface area contributed by atoms with Crippen molar-refractivity contribution in [2.75, 3.05) is 29.6 Å². The summed E-state index contributed by atoms with van der Waals surface area (Å²) in [7, 11) is 0. The quantitative estimate of drug-likeness (QED) is 0.823. The van der Waals surface area contributed by atoms with Gasteiger partial charge in [-0.2, -0.15) is 0 Å². The molecule has 1 atom stereocenters. The Morgan fingerprint density at radius 2 is 2.22 bits per heavy atom. The Hall–Kier alpha value is -1.04. The van der Waals surface area contributed by atoms with E-state index in [1.807, 2.05) is 24.3 Å². The monoisotopic (exact) mass is 267 g/mol. The van der Waals surface area contributed by atoms with Crippen LogP contribution in [0.5, 0.6) is 0 Å². The molecule has 18 heavy (non-hydrogen) atoms. The Morgan fingerprint density at radius 3 is 3.00 bits per heavy atom. The lowest BCUT2D eigenvalue weighted by Crippen LogP contribution is -2.31. The van der Waals surface area contributed by atoms with Crippen LogP contribution in [0.2, 0.25) is 0 Å². The number of carbonyl (C=O) groups excluding carboxylic acids is 1. The van der Waals surface area contributed by atoms with E-state index in [1.165, 1.54) is 17.3 Å². The van der Waals surface area contributed by atoms with Gasteiger partial charge < -0.3 is 15.1 Å². The molecule has 0 saturated heterocycles. The van der Waals surface area contributed by atoms with Gasteiger partial charge in [-0.05, 0) is 18.1 Å². The number of aliphatic hydroxyl groups excluding tert-OH is 2. The second-order valence-corrected chi connectivity index (χ2v) is 5.31. The summed E-state index contributed by atoms with van der Waals surface area (Å²) in [5, 5.41) is 17.9. The summed E-state index contributed by atoms with van der Waals surface area (Å²) in [6.45, 7) is 0.481. The van der Waals surface area contributed by atoms with E-state index in [0.29, 0.717) is 11.5 Å². The van der Waals surface area contributed by atoms with Gasteiger partial charge in [-0.15, -0.1) is 11.8 Å². The first-order valence-corrected chi connectivity index (χ1v) is 7.12. The summed E-state index contributed by atoms with van der Waals surface area (Å²) in [4.78, 5) is 13.8. The van der Waals surface area contributed by atoms with Crippen LogP contribution in [0.3, 0.4) is 0 Å². The van der Waals surface area contributed by atoms with E-state index in [4.69, 9.17) is 5.11 Å². The van der Waals surface area contributed by atoms with Gasteiger partial charge in [0.15, 0.2) is 0 Å². The van der Waals surface area contributed by atoms with Crippen molar-refractivity contribution in [1.29, 1.82) is 0 Å². The van der Waals surface area contributed by atoms with Crippen LogP contribution < -0.4 is 4.90 Å². The van der Waals surface area contributed by atoms with Gasteiger partial charge in [0.2, 0.25) is 5.91 Å². The lowest BCUT2D eigenvalue weighted by molar-refractivity contribution is -0.116. The maximum atomic E-state index is 12.0. The Kier molecular flexibility index (Phi) is 4.63. The van der Waals surface area contributed by atoms with Crippen molar-refractivity contribution >= 4 is 23.4 Å². The Bertz CT molecular complexity index is 424. The van der Waals surface area contributed by atoms with Crippen LogP contribution in [0.25, 0.3) is 0 Å². The zero-order valence-electron chi connectivity index (χ0n) is 10.1. The molecule has 98 valence electrons. The van der Waals surface area contributed by atoms with Crippen molar-refractivity contribution in [1.82, 2.24) is 0 Å². The van der Waals surface area contributed by atoms with Gasteiger partial charge in [-0.25, -0.2) is 0 Å². The van der Waals surface area contributed by atoms with Gasteiger partial charge in [-0.3, -0.25) is 4.79 Å². The molecule has 0 spiro atoms. The SMILES string of the molecule is O=C(CSCC(O)CO)N1CCc2ccccc21. The smallest absolute Gasteiger partial charge is 0.236 e. The molecule has 0 saturated carbocycles. The topological polar surface area (TPSA) is 60.8 Å². The number of thioether (sulfide) groups is 1. The average Bonchev–Trinajstić information content (AvgIpc) is 2.82. The Morgan fingerprint density at radius 1 is 1.44 bits per heavy atom. The first-order chi connectivity index (χ1) is 8.72. The van der Waals surface area contributed by atoms with Gasteiger partial charge in [0.25, 0.3) is 0 Å². The number of anilines is 1. The largest absolute Gasteiger partial charge is 0.394 e. The molecule has 1 aliphatic heterocycles. The van der Waals surface area contributed by atoms with E-state index in [0.717, 1.165) is 18.7 Å². The molecule has 1 amide bonds. The van der Waals surface area contributed by atoms with Crippen LogP contribution in [0.1, 0.15) is 5.56 Å². The van der Waals surface area contributed by atoms with Crippen LogP contribution >= 0.6 is 11.8 Å². The molecule has 1 aliphatic rings. The molecule has 0 fully saturated rings. The molecular weight excluding hydrogens is 250 g/mol. The highest BCUT2D eigenvalue weighted by Gasteiger charge is 2.23. The summed E-state index contributed by atoms with van der Waals surface area (Å²) in [6, 6.07) is 7.94. The number of amides is 1. The molecule has 0 aromatic heterocycles. The van der Waals surface area contributed by atoms with Crippen molar-refractivity contribution in [3.05, 3.63) is 29.8 Å². The zero-order valence-corrected chi connectivity index (χ0v) is 10.9. The van der Waals surface area contributed by atoms with Crippen LogP contribution in [0.4, 0.5) is 5.69 Å². The van der Waals surface area contributed by atoms with E-state index in [9.17, 15) is 9.90 Å². The second kappa shape index (κ2) is 6.22. The first-order valence-electron chi connectivity index (χ1n) is 5.97. The molecule has 2 rings (SSSR count). The third-order valence-electron chi connectivity index (χ3n) is 2.93. The third kappa shape index (κ3) is 3.04. The molecule has 1 heterocycles. The molecule has 1 unspecified atom stereocenters. The minimum atomic E-state index is -0.742. The van der Waals surface area contributed by atoms with Gasteiger partial charge in [-0.1, -0.05) is 18.2 Å². The van der Waals surface area contributed by atoms with Gasteiger partial charge in [0.05, 0.1) is 18.5 Å². The van der Waals surface area contributed by atoms with E-state index < -0.39 is 6.10 Å². The number of para-hydroxylation sites is 1. The fraction of sp³-hybridized carbons (Fsp3) is 0.462. The number of nitrogens with zero attached hydrogens (tertiary/aromatic N) is 1. The van der Waals surface area contributed by atoms with Crippen LogP contribution in [-0.4, -0.2) is 46.9 Å². The first kappa shape index (κ1) is 13.4. The molecule has 0 bridgehead atoms. The highest BCUT2D eigenvalue weighted by molar-refractivity contribution is 8.00. The molecule has 0 radical (unpaired) electrons. The summed E-state index contributed by atoms with van der Waals surface area (Å²) in [5.41, 5.74) is 2.22. The highest BCUT2D eigenvalue weighted by Crippen LogP contribution is 2.27. The van der Waals surface area contributed by atoms with Crippen LogP contribution in [0, 0.1) is 0 Å². The highest BCUT2D eigenvalue weighted by atomic mass is 32.2. The number of fused-ring (bicyclic) bond motifs is 1. The summed E-state index contributed by atoms with van der Waals surface area (Å²) >= 11 is 1.35. The van der Waals surface area contributed by atoms with Crippen molar-refractivity contribution in [2.24, 2.45) is 0 Å². The summed E-state index contributed by atoms with van der Waals surface area (Å²) < 4.78 is 0. The predicted molar refractivity (Wildman–Crippen MR) is 72.9 cm³/mol. The zero-order chi connectivity index (χ0) is 13.0. The molecule has 1 aromatic rings. The summed E-state index contributed by atoms with van der Waals surface area (Å²) in [5.74, 6) is 0.790. The second-order valence-electron chi connectivity index (χ2n) is 4.28. The number of hydrogen-bond acceptors (Lipinski definition) is 4. The molecule has 1 aromatic carbocycles. The third-order valence-corrected chi connectivity index (χ3v) is 4.01. The molecule has 4 nitrogen and oxygen atoms in total. The molecule has 5 heteroatoms. The Labute approximate surface area is 111 Å². The van der Waals surface area contributed by atoms with Crippen molar-refractivity contribution in [2.45, 2.75) is 12.5 Å².